The first-order valence-electron chi connectivity index (χ1n) is 6.83. The SMILES string of the molecule is CCc1nnc(N2CCN(C(=O)NCCOC)CC2)o1. The van der Waals surface area contributed by atoms with Crippen LogP contribution in [0.4, 0.5) is 10.8 Å². The Bertz CT molecular complexity index is 428. The predicted octanol–water partition coefficient (Wildman–Crippen LogP) is 0.110. The number of aryl methyl sites for hydroxylation is 1. The minimum atomic E-state index is -0.0542. The van der Waals surface area contributed by atoms with E-state index in [1.165, 1.54) is 0 Å². The van der Waals surface area contributed by atoms with E-state index in [2.05, 4.69) is 15.5 Å². The Morgan fingerprint density at radius 1 is 1.35 bits per heavy atom. The van der Waals surface area contributed by atoms with Crippen molar-refractivity contribution in [2.75, 3.05) is 51.3 Å². The van der Waals surface area contributed by atoms with Gasteiger partial charge in [0.25, 0.3) is 0 Å². The van der Waals surface area contributed by atoms with Crippen LogP contribution in [0.15, 0.2) is 4.42 Å². The molecule has 1 fully saturated rings. The lowest BCUT2D eigenvalue weighted by Gasteiger charge is -2.33. The van der Waals surface area contributed by atoms with Gasteiger partial charge in [0.2, 0.25) is 5.89 Å². The third kappa shape index (κ3) is 3.60. The van der Waals surface area contributed by atoms with Gasteiger partial charge in [0, 0.05) is 46.3 Å². The van der Waals surface area contributed by atoms with Crippen molar-refractivity contribution in [2.24, 2.45) is 0 Å². The fraction of sp³-hybridized carbons (Fsp3) is 0.750. The van der Waals surface area contributed by atoms with Crippen LogP contribution in [0.3, 0.4) is 0 Å². The van der Waals surface area contributed by atoms with Gasteiger partial charge in [0.05, 0.1) is 6.61 Å². The van der Waals surface area contributed by atoms with Crippen LogP contribution in [0.2, 0.25) is 0 Å². The number of aromatic nitrogens is 2. The predicted molar refractivity (Wildman–Crippen MR) is 72.7 cm³/mol. The van der Waals surface area contributed by atoms with E-state index in [4.69, 9.17) is 9.15 Å². The van der Waals surface area contributed by atoms with Gasteiger partial charge in [0.1, 0.15) is 0 Å². The standard InChI is InChI=1S/C12H21N5O3/c1-3-10-14-15-12(20-10)17-7-5-16(6-8-17)11(18)13-4-9-19-2/h3-9H2,1-2H3,(H,13,18). The van der Waals surface area contributed by atoms with Gasteiger partial charge in [-0.25, -0.2) is 4.79 Å². The highest BCUT2D eigenvalue weighted by Gasteiger charge is 2.23. The van der Waals surface area contributed by atoms with E-state index in [0.29, 0.717) is 51.2 Å². The number of hydrogen-bond acceptors (Lipinski definition) is 6. The maximum absolute atomic E-state index is 11.9. The summed E-state index contributed by atoms with van der Waals surface area (Å²) >= 11 is 0. The zero-order chi connectivity index (χ0) is 14.4. The molecule has 1 saturated heterocycles. The zero-order valence-corrected chi connectivity index (χ0v) is 12.0. The summed E-state index contributed by atoms with van der Waals surface area (Å²) in [6.45, 7) is 5.70. The fourth-order valence-electron chi connectivity index (χ4n) is 1.99. The van der Waals surface area contributed by atoms with Crippen LogP contribution in [0.5, 0.6) is 0 Å². The molecule has 0 radical (unpaired) electrons. The molecule has 1 aliphatic rings. The molecule has 1 aromatic rings. The number of rotatable bonds is 5. The van der Waals surface area contributed by atoms with Crippen molar-refractivity contribution >= 4 is 12.0 Å². The van der Waals surface area contributed by atoms with E-state index < -0.39 is 0 Å². The second-order valence-corrected chi connectivity index (χ2v) is 4.53. The number of ether oxygens (including phenoxy) is 1. The van der Waals surface area contributed by atoms with Crippen LogP contribution in [-0.4, -0.2) is 67.6 Å². The molecule has 0 aromatic carbocycles. The molecular weight excluding hydrogens is 262 g/mol. The van der Waals surface area contributed by atoms with Crippen LogP contribution in [0.1, 0.15) is 12.8 Å². The lowest BCUT2D eigenvalue weighted by molar-refractivity contribution is 0.177. The quantitative estimate of drug-likeness (QED) is 0.772. The highest BCUT2D eigenvalue weighted by molar-refractivity contribution is 5.74. The van der Waals surface area contributed by atoms with Gasteiger partial charge in [0.15, 0.2) is 0 Å². The van der Waals surface area contributed by atoms with Crippen molar-refractivity contribution in [2.45, 2.75) is 13.3 Å². The van der Waals surface area contributed by atoms with Gasteiger partial charge in [-0.15, -0.1) is 5.10 Å². The molecule has 2 heterocycles. The molecule has 0 saturated carbocycles. The molecule has 20 heavy (non-hydrogen) atoms. The van der Waals surface area contributed by atoms with Gasteiger partial charge in [-0.05, 0) is 0 Å². The first-order valence-corrected chi connectivity index (χ1v) is 6.83. The van der Waals surface area contributed by atoms with Crippen molar-refractivity contribution in [1.29, 1.82) is 0 Å². The summed E-state index contributed by atoms with van der Waals surface area (Å²) in [5, 5.41) is 10.8. The van der Waals surface area contributed by atoms with Gasteiger partial charge in [-0.1, -0.05) is 12.0 Å². The number of carbonyl (C=O) groups is 1. The molecule has 0 atom stereocenters. The average Bonchev–Trinajstić information content (AvgIpc) is 2.96. The Balaban J connectivity index is 1.78. The highest BCUT2D eigenvalue weighted by atomic mass is 16.5. The fourth-order valence-corrected chi connectivity index (χ4v) is 1.99. The van der Waals surface area contributed by atoms with Crippen molar-refractivity contribution in [1.82, 2.24) is 20.4 Å². The average molecular weight is 283 g/mol. The molecule has 0 spiro atoms. The number of nitrogens with zero attached hydrogens (tertiary/aromatic N) is 4. The molecular formula is C12H21N5O3. The van der Waals surface area contributed by atoms with E-state index in [-0.39, 0.29) is 6.03 Å². The topological polar surface area (TPSA) is 83.7 Å². The normalized spacial score (nSPS) is 15.5. The molecule has 1 aliphatic heterocycles. The molecule has 1 aromatic heterocycles. The first-order chi connectivity index (χ1) is 9.74. The Hall–Kier alpha value is -1.83. The van der Waals surface area contributed by atoms with Crippen molar-refractivity contribution < 1.29 is 13.9 Å². The van der Waals surface area contributed by atoms with E-state index in [0.717, 1.165) is 6.42 Å². The van der Waals surface area contributed by atoms with Gasteiger partial charge in [-0.3, -0.25) is 0 Å². The number of hydrogen-bond donors (Lipinski definition) is 1. The summed E-state index contributed by atoms with van der Waals surface area (Å²) in [5.74, 6) is 0.639. The van der Waals surface area contributed by atoms with Gasteiger partial charge >= 0.3 is 12.0 Å². The van der Waals surface area contributed by atoms with Crippen LogP contribution in [0.25, 0.3) is 0 Å². The summed E-state index contributed by atoms with van der Waals surface area (Å²) in [7, 11) is 1.61. The van der Waals surface area contributed by atoms with E-state index >= 15 is 0 Å². The smallest absolute Gasteiger partial charge is 0.318 e. The summed E-state index contributed by atoms with van der Waals surface area (Å²) in [5.41, 5.74) is 0. The molecule has 8 heteroatoms. The Morgan fingerprint density at radius 3 is 2.70 bits per heavy atom. The molecule has 0 unspecified atom stereocenters. The zero-order valence-electron chi connectivity index (χ0n) is 12.0. The molecule has 112 valence electrons. The second-order valence-electron chi connectivity index (χ2n) is 4.53. The monoisotopic (exact) mass is 283 g/mol. The summed E-state index contributed by atoms with van der Waals surface area (Å²) in [6.07, 6.45) is 0.731. The number of anilines is 1. The maximum atomic E-state index is 11.9. The molecule has 2 amide bonds. The number of nitrogens with one attached hydrogen (secondary N) is 1. The molecule has 0 bridgehead atoms. The van der Waals surface area contributed by atoms with Crippen LogP contribution >= 0.6 is 0 Å². The number of methoxy groups -OCH3 is 1. The van der Waals surface area contributed by atoms with E-state index in [1.54, 1.807) is 12.0 Å². The van der Waals surface area contributed by atoms with Gasteiger partial charge in [-0.2, -0.15) is 0 Å². The van der Waals surface area contributed by atoms with E-state index in [1.807, 2.05) is 11.8 Å². The summed E-state index contributed by atoms with van der Waals surface area (Å²) < 4.78 is 10.4. The minimum Gasteiger partial charge on any atom is -0.408 e. The Kier molecular flexibility index (Phi) is 5.16. The van der Waals surface area contributed by atoms with Crippen LogP contribution in [-0.2, 0) is 11.2 Å². The van der Waals surface area contributed by atoms with Crippen LogP contribution in [0, 0.1) is 0 Å². The molecule has 1 N–H and O–H groups in total. The number of piperazine rings is 1. The number of carbonyl (C=O) groups excluding carboxylic acids is 1. The van der Waals surface area contributed by atoms with Crippen molar-refractivity contribution in [3.8, 4) is 0 Å². The lowest BCUT2D eigenvalue weighted by Crippen LogP contribution is -2.52. The number of urea groups is 1. The largest absolute Gasteiger partial charge is 0.408 e. The lowest BCUT2D eigenvalue weighted by atomic mass is 10.3. The molecule has 0 aliphatic carbocycles. The number of amides is 2. The van der Waals surface area contributed by atoms with E-state index in [9.17, 15) is 4.79 Å². The third-order valence-corrected chi connectivity index (χ3v) is 3.18. The van der Waals surface area contributed by atoms with Crippen molar-refractivity contribution in [3.63, 3.8) is 0 Å². The minimum absolute atomic E-state index is 0.0542. The molecule has 2 rings (SSSR count). The van der Waals surface area contributed by atoms with Crippen molar-refractivity contribution in [3.05, 3.63) is 5.89 Å². The van der Waals surface area contributed by atoms with Crippen LogP contribution < -0.4 is 10.2 Å². The highest BCUT2D eigenvalue weighted by Crippen LogP contribution is 2.14. The summed E-state index contributed by atoms with van der Waals surface area (Å²) in [6, 6.07) is 0.489. The second kappa shape index (κ2) is 7.09. The Morgan fingerprint density at radius 2 is 2.10 bits per heavy atom. The third-order valence-electron chi connectivity index (χ3n) is 3.18. The first kappa shape index (κ1) is 14.6. The maximum Gasteiger partial charge on any atom is 0.318 e. The Labute approximate surface area is 118 Å². The molecule has 8 nitrogen and oxygen atoms in total. The van der Waals surface area contributed by atoms with Gasteiger partial charge < -0.3 is 24.3 Å². The summed E-state index contributed by atoms with van der Waals surface area (Å²) in [4.78, 5) is 15.6.